The number of hydrogen-bond donors (Lipinski definition) is 0. The minimum absolute atomic E-state index is 0.0899. The second kappa shape index (κ2) is 7.52. The van der Waals surface area contributed by atoms with Gasteiger partial charge < -0.3 is 9.80 Å². The van der Waals surface area contributed by atoms with Gasteiger partial charge in [0.05, 0.1) is 5.56 Å². The maximum absolute atomic E-state index is 12.7. The first-order valence-electron chi connectivity index (χ1n) is 9.41. The van der Waals surface area contributed by atoms with E-state index in [0.29, 0.717) is 31.8 Å². The Hall–Kier alpha value is -2.05. The van der Waals surface area contributed by atoms with E-state index in [1.165, 1.54) is 25.0 Å². The molecule has 1 aromatic carbocycles. The zero-order valence-electron chi connectivity index (χ0n) is 15.6. The highest BCUT2D eigenvalue weighted by atomic mass is 19.4. The van der Waals surface area contributed by atoms with E-state index in [1.807, 2.05) is 11.9 Å². The molecule has 1 aliphatic carbocycles. The highest BCUT2D eigenvalue weighted by molar-refractivity contribution is 5.94. The van der Waals surface area contributed by atoms with E-state index >= 15 is 0 Å². The summed E-state index contributed by atoms with van der Waals surface area (Å²) in [4.78, 5) is 28.7. The van der Waals surface area contributed by atoms with Gasteiger partial charge in [0, 0.05) is 37.7 Å². The molecule has 1 atom stereocenters. The molecule has 2 amide bonds. The number of amides is 2. The van der Waals surface area contributed by atoms with Crippen LogP contribution in [-0.4, -0.2) is 47.8 Å². The van der Waals surface area contributed by atoms with Gasteiger partial charge in [0.1, 0.15) is 0 Å². The van der Waals surface area contributed by atoms with Crippen molar-refractivity contribution < 1.29 is 22.8 Å². The maximum atomic E-state index is 12.7. The molecule has 0 radical (unpaired) electrons. The van der Waals surface area contributed by atoms with Crippen LogP contribution in [0.4, 0.5) is 13.2 Å². The standard InChI is InChI=1S/C20H25F3N2O2/c1-13(14-3-4-14)24(2)18(26)16-9-11-25(12-10-16)19(27)15-5-7-17(8-6-15)20(21,22)23/h5-8,13-14,16H,3-4,9-12H2,1-2H3. The number of carbonyl (C=O) groups excluding carboxylic acids is 2. The Kier molecular flexibility index (Phi) is 5.49. The van der Waals surface area contributed by atoms with E-state index in [0.717, 1.165) is 12.1 Å². The first kappa shape index (κ1) is 19.7. The molecule has 7 heteroatoms. The number of likely N-dealkylation sites (tertiary alicyclic amines) is 1. The predicted molar refractivity (Wildman–Crippen MR) is 95.0 cm³/mol. The monoisotopic (exact) mass is 382 g/mol. The SMILES string of the molecule is CC(C1CC1)N(C)C(=O)C1CCN(C(=O)c2ccc(C(F)(F)F)cc2)CC1. The molecule has 0 spiro atoms. The van der Waals surface area contributed by atoms with Gasteiger partial charge in [-0.1, -0.05) is 0 Å². The number of rotatable bonds is 4. The molecule has 1 saturated heterocycles. The van der Waals surface area contributed by atoms with Crippen molar-refractivity contribution >= 4 is 11.8 Å². The Bertz CT molecular complexity index is 690. The van der Waals surface area contributed by atoms with Gasteiger partial charge in [-0.2, -0.15) is 13.2 Å². The second-order valence-electron chi connectivity index (χ2n) is 7.67. The molecule has 4 nitrogen and oxygen atoms in total. The van der Waals surface area contributed by atoms with Crippen LogP contribution in [0, 0.1) is 11.8 Å². The third kappa shape index (κ3) is 4.45. The number of hydrogen-bond acceptors (Lipinski definition) is 2. The predicted octanol–water partition coefficient (Wildman–Crippen LogP) is 3.81. The summed E-state index contributed by atoms with van der Waals surface area (Å²) in [7, 11) is 1.85. The lowest BCUT2D eigenvalue weighted by atomic mass is 9.94. The van der Waals surface area contributed by atoms with Crippen molar-refractivity contribution in [3.8, 4) is 0 Å². The average Bonchev–Trinajstić information content (AvgIpc) is 3.50. The highest BCUT2D eigenvalue weighted by Gasteiger charge is 2.36. The Morgan fingerprint density at radius 3 is 2.11 bits per heavy atom. The summed E-state index contributed by atoms with van der Waals surface area (Å²) >= 11 is 0. The van der Waals surface area contributed by atoms with Gasteiger partial charge >= 0.3 is 6.18 Å². The highest BCUT2D eigenvalue weighted by Crippen LogP contribution is 2.35. The average molecular weight is 382 g/mol. The van der Waals surface area contributed by atoms with Gasteiger partial charge in [-0.3, -0.25) is 9.59 Å². The normalized spacial score (nSPS) is 19.7. The molecule has 2 aliphatic rings. The van der Waals surface area contributed by atoms with Crippen LogP contribution in [0.2, 0.25) is 0 Å². The topological polar surface area (TPSA) is 40.6 Å². The number of nitrogens with zero attached hydrogens (tertiary/aromatic N) is 2. The van der Waals surface area contributed by atoms with Crippen molar-refractivity contribution in [3.63, 3.8) is 0 Å². The van der Waals surface area contributed by atoms with E-state index in [1.54, 1.807) is 4.90 Å². The van der Waals surface area contributed by atoms with Gasteiger partial charge in [-0.15, -0.1) is 0 Å². The first-order chi connectivity index (χ1) is 12.7. The van der Waals surface area contributed by atoms with Gasteiger partial charge in [-0.05, 0) is 62.8 Å². The van der Waals surface area contributed by atoms with Crippen molar-refractivity contribution in [1.29, 1.82) is 0 Å². The largest absolute Gasteiger partial charge is 0.416 e. The third-order valence-corrected chi connectivity index (χ3v) is 5.85. The van der Waals surface area contributed by atoms with Crippen molar-refractivity contribution in [2.45, 2.75) is 44.8 Å². The molecule has 148 valence electrons. The summed E-state index contributed by atoms with van der Waals surface area (Å²) in [5, 5.41) is 0. The molecule has 1 saturated carbocycles. The van der Waals surface area contributed by atoms with Crippen molar-refractivity contribution in [3.05, 3.63) is 35.4 Å². The molecule has 27 heavy (non-hydrogen) atoms. The number of piperidine rings is 1. The smallest absolute Gasteiger partial charge is 0.343 e. The van der Waals surface area contributed by atoms with Gasteiger partial charge in [0.25, 0.3) is 5.91 Å². The molecule has 1 aromatic rings. The molecular weight excluding hydrogens is 357 g/mol. The van der Waals surface area contributed by atoms with Crippen molar-refractivity contribution in [1.82, 2.24) is 9.80 Å². The van der Waals surface area contributed by atoms with Crippen molar-refractivity contribution in [2.24, 2.45) is 11.8 Å². The van der Waals surface area contributed by atoms with Gasteiger partial charge in [0.2, 0.25) is 5.91 Å². The molecule has 0 N–H and O–H groups in total. The molecule has 1 aliphatic heterocycles. The van der Waals surface area contributed by atoms with E-state index in [9.17, 15) is 22.8 Å². The number of carbonyl (C=O) groups is 2. The molecule has 3 rings (SSSR count). The molecule has 1 unspecified atom stereocenters. The summed E-state index contributed by atoms with van der Waals surface area (Å²) in [6, 6.07) is 4.54. The Morgan fingerprint density at radius 1 is 1.07 bits per heavy atom. The van der Waals surface area contributed by atoms with Crippen LogP contribution in [0.5, 0.6) is 0 Å². The Labute approximate surface area is 157 Å². The number of alkyl halides is 3. The number of benzene rings is 1. The Balaban J connectivity index is 1.55. The van der Waals surface area contributed by atoms with E-state index in [4.69, 9.17) is 0 Å². The zero-order valence-corrected chi connectivity index (χ0v) is 15.6. The quantitative estimate of drug-likeness (QED) is 0.795. The summed E-state index contributed by atoms with van der Waals surface area (Å²) < 4.78 is 37.9. The zero-order chi connectivity index (χ0) is 19.8. The van der Waals surface area contributed by atoms with Crippen LogP contribution in [0.25, 0.3) is 0 Å². The molecule has 0 aromatic heterocycles. The lowest BCUT2D eigenvalue weighted by molar-refractivity contribution is -0.138. The van der Waals surface area contributed by atoms with Crippen LogP contribution in [0.15, 0.2) is 24.3 Å². The van der Waals surface area contributed by atoms with Crippen LogP contribution < -0.4 is 0 Å². The van der Waals surface area contributed by atoms with Crippen LogP contribution in [-0.2, 0) is 11.0 Å². The minimum atomic E-state index is -4.41. The maximum Gasteiger partial charge on any atom is 0.416 e. The molecular formula is C20H25F3N2O2. The fourth-order valence-electron chi connectivity index (χ4n) is 3.70. The fourth-order valence-corrected chi connectivity index (χ4v) is 3.70. The summed E-state index contributed by atoms with van der Waals surface area (Å²) in [6.07, 6.45) is -0.874. The molecule has 0 bridgehead atoms. The Morgan fingerprint density at radius 2 is 1.63 bits per heavy atom. The van der Waals surface area contributed by atoms with E-state index in [-0.39, 0.29) is 29.3 Å². The minimum Gasteiger partial charge on any atom is -0.343 e. The third-order valence-electron chi connectivity index (χ3n) is 5.85. The molecule has 2 fully saturated rings. The van der Waals surface area contributed by atoms with E-state index < -0.39 is 11.7 Å². The van der Waals surface area contributed by atoms with Crippen LogP contribution in [0.3, 0.4) is 0 Å². The summed E-state index contributed by atoms with van der Waals surface area (Å²) in [5.74, 6) is 0.374. The first-order valence-corrected chi connectivity index (χ1v) is 9.41. The van der Waals surface area contributed by atoms with E-state index in [2.05, 4.69) is 6.92 Å². The van der Waals surface area contributed by atoms with Crippen LogP contribution >= 0.6 is 0 Å². The second-order valence-corrected chi connectivity index (χ2v) is 7.67. The lowest BCUT2D eigenvalue weighted by Crippen LogP contribution is -2.46. The fraction of sp³-hybridized carbons (Fsp3) is 0.600. The van der Waals surface area contributed by atoms with Crippen molar-refractivity contribution in [2.75, 3.05) is 20.1 Å². The summed E-state index contributed by atoms with van der Waals surface area (Å²) in [6.45, 7) is 2.97. The molecule has 1 heterocycles. The number of halogens is 3. The van der Waals surface area contributed by atoms with Gasteiger partial charge in [-0.25, -0.2) is 0 Å². The van der Waals surface area contributed by atoms with Crippen LogP contribution in [0.1, 0.15) is 48.5 Å². The van der Waals surface area contributed by atoms with Gasteiger partial charge in [0.15, 0.2) is 0 Å². The summed E-state index contributed by atoms with van der Waals surface area (Å²) in [5.41, 5.74) is -0.525. The lowest BCUT2D eigenvalue weighted by Gasteiger charge is -2.35.